The molecule has 2 atom stereocenters. The van der Waals surface area contributed by atoms with Crippen LogP contribution in [0.5, 0.6) is 5.75 Å². The lowest BCUT2D eigenvalue weighted by atomic mass is 9.83. The third-order valence-electron chi connectivity index (χ3n) is 6.00. The van der Waals surface area contributed by atoms with Gasteiger partial charge in [-0.2, -0.15) is 0 Å². The summed E-state index contributed by atoms with van der Waals surface area (Å²) in [5.74, 6) is 1.23. The molecule has 0 spiro atoms. The standard InChI is InChI=1S/C25H34N4O3/c1-5-6-16-29-22(30)14-13-20(23(29)19-11-7-8-12-21(19)32-4)25(31)27-17-18-10-9-15-26-24(18)28(2)3/h7-12,15,20,23H,5-6,13-14,16-17H2,1-4H3,(H,27,31). The molecule has 172 valence electrons. The van der Waals surface area contributed by atoms with E-state index >= 15 is 0 Å². The van der Waals surface area contributed by atoms with Crippen molar-refractivity contribution in [3.05, 3.63) is 53.7 Å². The lowest BCUT2D eigenvalue weighted by Gasteiger charge is -2.41. The number of nitrogens with zero attached hydrogens (tertiary/aromatic N) is 3. The van der Waals surface area contributed by atoms with E-state index < -0.39 is 0 Å². The maximum atomic E-state index is 13.4. The highest BCUT2D eigenvalue weighted by Crippen LogP contribution is 2.41. The Morgan fingerprint density at radius 2 is 2.03 bits per heavy atom. The number of hydrogen-bond donors (Lipinski definition) is 1. The number of rotatable bonds is 9. The van der Waals surface area contributed by atoms with Crippen LogP contribution < -0.4 is 15.0 Å². The fourth-order valence-corrected chi connectivity index (χ4v) is 4.40. The zero-order valence-electron chi connectivity index (χ0n) is 19.5. The molecule has 2 heterocycles. The third-order valence-corrected chi connectivity index (χ3v) is 6.00. The van der Waals surface area contributed by atoms with Crippen LogP contribution in [0, 0.1) is 5.92 Å². The Hall–Kier alpha value is -3.09. The molecule has 0 aliphatic carbocycles. The number of carbonyl (C=O) groups is 2. The van der Waals surface area contributed by atoms with Gasteiger partial charge in [0.25, 0.3) is 0 Å². The van der Waals surface area contributed by atoms with Crippen LogP contribution in [-0.4, -0.2) is 49.4 Å². The molecule has 7 heteroatoms. The summed E-state index contributed by atoms with van der Waals surface area (Å²) in [5, 5.41) is 3.11. The second-order valence-electron chi connectivity index (χ2n) is 8.37. The van der Waals surface area contributed by atoms with Crippen LogP contribution in [0.15, 0.2) is 42.6 Å². The lowest BCUT2D eigenvalue weighted by Crippen LogP contribution is -2.48. The van der Waals surface area contributed by atoms with Gasteiger partial charge in [-0.25, -0.2) is 4.98 Å². The molecule has 1 aromatic heterocycles. The summed E-state index contributed by atoms with van der Waals surface area (Å²) in [7, 11) is 5.49. The van der Waals surface area contributed by atoms with Crippen LogP contribution in [0.1, 0.15) is 49.8 Å². The summed E-state index contributed by atoms with van der Waals surface area (Å²) in [6, 6.07) is 11.2. The Morgan fingerprint density at radius 1 is 1.25 bits per heavy atom. The van der Waals surface area contributed by atoms with Gasteiger partial charge in [0.1, 0.15) is 11.6 Å². The molecule has 3 rings (SSSR count). The summed E-state index contributed by atoms with van der Waals surface area (Å²) in [5.41, 5.74) is 1.84. The minimum Gasteiger partial charge on any atom is -0.496 e. The predicted octanol–water partition coefficient (Wildman–Crippen LogP) is 3.55. The predicted molar refractivity (Wildman–Crippen MR) is 125 cm³/mol. The van der Waals surface area contributed by atoms with Gasteiger partial charge in [-0.3, -0.25) is 9.59 Å². The first kappa shape index (κ1) is 23.6. The molecule has 32 heavy (non-hydrogen) atoms. The van der Waals surface area contributed by atoms with E-state index in [0.29, 0.717) is 31.7 Å². The first-order chi connectivity index (χ1) is 15.5. The number of para-hydroxylation sites is 1. The Labute approximate surface area is 190 Å². The molecule has 7 nitrogen and oxygen atoms in total. The molecule has 1 aliphatic heterocycles. The van der Waals surface area contributed by atoms with Crippen LogP contribution >= 0.6 is 0 Å². The van der Waals surface area contributed by atoms with Crippen LogP contribution in [0.25, 0.3) is 0 Å². The number of methoxy groups -OCH3 is 1. The van der Waals surface area contributed by atoms with Gasteiger partial charge in [-0.15, -0.1) is 0 Å². The Kier molecular flexibility index (Phi) is 8.09. The summed E-state index contributed by atoms with van der Waals surface area (Å²) in [6.45, 7) is 3.13. The van der Waals surface area contributed by atoms with Crippen molar-refractivity contribution in [3.63, 3.8) is 0 Å². The van der Waals surface area contributed by atoms with Crippen molar-refractivity contribution >= 4 is 17.6 Å². The highest BCUT2D eigenvalue weighted by atomic mass is 16.5. The number of benzene rings is 1. The van der Waals surface area contributed by atoms with Crippen molar-refractivity contribution in [2.24, 2.45) is 5.92 Å². The first-order valence-electron chi connectivity index (χ1n) is 11.3. The van der Waals surface area contributed by atoms with Gasteiger partial charge in [-0.05, 0) is 25.0 Å². The number of pyridine rings is 1. The average Bonchev–Trinajstić information content (AvgIpc) is 2.81. The fourth-order valence-electron chi connectivity index (χ4n) is 4.40. The van der Waals surface area contributed by atoms with Gasteiger partial charge in [0, 0.05) is 50.9 Å². The molecular weight excluding hydrogens is 404 g/mol. The molecular formula is C25H34N4O3. The topological polar surface area (TPSA) is 74.8 Å². The van der Waals surface area contributed by atoms with E-state index in [9.17, 15) is 9.59 Å². The summed E-state index contributed by atoms with van der Waals surface area (Å²) in [4.78, 5) is 34.6. The maximum absolute atomic E-state index is 13.4. The van der Waals surface area contributed by atoms with Crippen molar-refractivity contribution in [3.8, 4) is 5.75 Å². The maximum Gasteiger partial charge on any atom is 0.225 e. The summed E-state index contributed by atoms with van der Waals surface area (Å²) >= 11 is 0. The average molecular weight is 439 g/mol. The summed E-state index contributed by atoms with van der Waals surface area (Å²) < 4.78 is 5.60. The minimum atomic E-state index is -0.347. The normalized spacial score (nSPS) is 18.4. The zero-order valence-corrected chi connectivity index (χ0v) is 19.5. The van der Waals surface area contributed by atoms with Crippen LogP contribution in [0.4, 0.5) is 5.82 Å². The molecule has 1 fully saturated rings. The first-order valence-corrected chi connectivity index (χ1v) is 11.3. The number of hydrogen-bond acceptors (Lipinski definition) is 5. The minimum absolute atomic E-state index is 0.0523. The van der Waals surface area contributed by atoms with Crippen molar-refractivity contribution < 1.29 is 14.3 Å². The highest BCUT2D eigenvalue weighted by Gasteiger charge is 2.41. The van der Waals surface area contributed by atoms with Crippen LogP contribution in [0.3, 0.4) is 0 Å². The second-order valence-corrected chi connectivity index (χ2v) is 8.37. The van der Waals surface area contributed by atoms with E-state index in [1.54, 1.807) is 13.3 Å². The molecule has 0 bridgehead atoms. The Balaban J connectivity index is 1.88. The monoisotopic (exact) mass is 438 g/mol. The van der Waals surface area contributed by atoms with Gasteiger partial charge >= 0.3 is 0 Å². The number of anilines is 1. The van der Waals surface area contributed by atoms with E-state index in [1.807, 2.05) is 60.3 Å². The van der Waals surface area contributed by atoms with Crippen LogP contribution in [0.2, 0.25) is 0 Å². The zero-order chi connectivity index (χ0) is 23.1. The third kappa shape index (κ3) is 5.21. The SMILES string of the molecule is CCCCN1C(=O)CCC(C(=O)NCc2cccnc2N(C)C)C1c1ccccc1OC. The number of ether oxygens (including phenoxy) is 1. The van der Waals surface area contributed by atoms with Crippen LogP contribution in [-0.2, 0) is 16.1 Å². The lowest BCUT2D eigenvalue weighted by molar-refractivity contribution is -0.143. The van der Waals surface area contributed by atoms with Gasteiger partial charge in [0.2, 0.25) is 11.8 Å². The molecule has 1 aliphatic rings. The molecule has 0 saturated carbocycles. The number of carbonyl (C=O) groups excluding carboxylic acids is 2. The van der Waals surface area contributed by atoms with E-state index in [-0.39, 0.29) is 23.8 Å². The van der Waals surface area contributed by atoms with Crippen molar-refractivity contribution in [1.29, 1.82) is 0 Å². The molecule has 2 unspecified atom stereocenters. The number of amides is 2. The number of likely N-dealkylation sites (tertiary alicyclic amines) is 1. The van der Waals surface area contributed by atoms with Crippen molar-refractivity contribution in [1.82, 2.24) is 15.2 Å². The fraction of sp³-hybridized carbons (Fsp3) is 0.480. The van der Waals surface area contributed by atoms with Gasteiger partial charge < -0.3 is 19.9 Å². The summed E-state index contributed by atoms with van der Waals surface area (Å²) in [6.07, 6.45) is 4.52. The van der Waals surface area contributed by atoms with Gasteiger partial charge in [0.15, 0.2) is 0 Å². The molecule has 0 radical (unpaired) electrons. The molecule has 2 amide bonds. The van der Waals surface area contributed by atoms with Crippen molar-refractivity contribution in [2.75, 3.05) is 32.6 Å². The molecule has 2 aromatic rings. The van der Waals surface area contributed by atoms with Gasteiger partial charge in [0.05, 0.1) is 19.1 Å². The van der Waals surface area contributed by atoms with E-state index in [1.165, 1.54) is 0 Å². The van der Waals surface area contributed by atoms with Gasteiger partial charge in [-0.1, -0.05) is 37.6 Å². The molecule has 1 saturated heterocycles. The Bertz CT molecular complexity index is 931. The quantitative estimate of drug-likeness (QED) is 0.648. The highest BCUT2D eigenvalue weighted by molar-refractivity contribution is 5.85. The molecule has 1 aromatic carbocycles. The number of aromatic nitrogens is 1. The van der Waals surface area contributed by atoms with Crippen molar-refractivity contribution in [2.45, 2.75) is 45.2 Å². The number of piperidine rings is 1. The number of unbranched alkanes of at least 4 members (excludes halogenated alkanes) is 1. The molecule has 1 N–H and O–H groups in total. The largest absolute Gasteiger partial charge is 0.496 e. The number of nitrogens with one attached hydrogen (secondary N) is 1. The Morgan fingerprint density at radius 3 is 2.75 bits per heavy atom. The van der Waals surface area contributed by atoms with E-state index in [4.69, 9.17) is 4.74 Å². The smallest absolute Gasteiger partial charge is 0.225 e. The second kappa shape index (κ2) is 11.0. The van der Waals surface area contributed by atoms with E-state index in [0.717, 1.165) is 29.8 Å². The van der Waals surface area contributed by atoms with E-state index in [2.05, 4.69) is 17.2 Å².